The second-order valence-electron chi connectivity index (χ2n) is 3.96. The van der Waals surface area contributed by atoms with Gasteiger partial charge in [0, 0.05) is 0 Å². The zero-order valence-corrected chi connectivity index (χ0v) is 8.78. The zero-order valence-electron chi connectivity index (χ0n) is 8.78. The Labute approximate surface area is 89.8 Å². The first-order chi connectivity index (χ1) is 7.36. The highest BCUT2D eigenvalue weighted by atomic mass is 16.5. The lowest BCUT2D eigenvalue weighted by atomic mass is 9.98. The first kappa shape index (κ1) is 10.3. The van der Waals surface area contributed by atoms with E-state index in [1.807, 2.05) is 0 Å². The van der Waals surface area contributed by atoms with Crippen molar-refractivity contribution in [3.63, 3.8) is 0 Å². The van der Waals surface area contributed by atoms with Crippen LogP contribution in [0.5, 0.6) is 0 Å². The van der Waals surface area contributed by atoms with Crippen LogP contribution in [0.25, 0.3) is 0 Å². The molecule has 0 unspecified atom stereocenters. The Morgan fingerprint density at radius 2 is 2.13 bits per heavy atom. The van der Waals surface area contributed by atoms with Gasteiger partial charge in [-0.1, -0.05) is 6.42 Å². The van der Waals surface area contributed by atoms with Gasteiger partial charge in [-0.15, -0.1) is 0 Å². The first-order valence-electron chi connectivity index (χ1n) is 5.55. The van der Waals surface area contributed by atoms with E-state index in [-0.39, 0.29) is 12.1 Å². The van der Waals surface area contributed by atoms with E-state index >= 15 is 0 Å². The van der Waals surface area contributed by atoms with Crippen molar-refractivity contribution in [2.45, 2.75) is 38.2 Å². The second kappa shape index (κ2) is 5.01. The van der Waals surface area contributed by atoms with Crippen molar-refractivity contribution in [2.75, 3.05) is 6.61 Å². The van der Waals surface area contributed by atoms with E-state index in [2.05, 4.69) is 0 Å². The average Bonchev–Trinajstić information content (AvgIpc) is 2.31. The molecule has 0 bridgehead atoms. The maximum absolute atomic E-state index is 11.7. The van der Waals surface area contributed by atoms with Crippen molar-refractivity contribution in [3.05, 3.63) is 24.0 Å². The van der Waals surface area contributed by atoms with Gasteiger partial charge >= 0.3 is 5.97 Å². The smallest absolute Gasteiger partial charge is 0.338 e. The summed E-state index contributed by atoms with van der Waals surface area (Å²) in [5, 5.41) is 0. The summed E-state index contributed by atoms with van der Waals surface area (Å²) < 4.78 is 10.4. The molecule has 0 aromatic rings. The molecule has 0 atom stereocenters. The minimum atomic E-state index is -0.207. The molecular formula is C12H16O3. The zero-order chi connectivity index (χ0) is 10.5. The van der Waals surface area contributed by atoms with Gasteiger partial charge in [-0.25, -0.2) is 4.79 Å². The van der Waals surface area contributed by atoms with Crippen LogP contribution in [0, 0.1) is 0 Å². The van der Waals surface area contributed by atoms with Crippen LogP contribution in [0.3, 0.4) is 0 Å². The molecule has 3 nitrogen and oxygen atoms in total. The normalized spacial score (nSPS) is 21.7. The molecule has 0 N–H and O–H groups in total. The number of carbonyl (C=O) groups is 1. The van der Waals surface area contributed by atoms with E-state index in [1.165, 1.54) is 25.5 Å². The van der Waals surface area contributed by atoms with Crippen molar-refractivity contribution < 1.29 is 14.3 Å². The number of hydrogen-bond donors (Lipinski definition) is 0. The molecule has 0 aromatic carbocycles. The number of hydrogen-bond acceptors (Lipinski definition) is 3. The van der Waals surface area contributed by atoms with Gasteiger partial charge in [-0.2, -0.15) is 0 Å². The maximum atomic E-state index is 11.7. The molecule has 2 aliphatic rings. The van der Waals surface area contributed by atoms with Crippen LogP contribution in [0.2, 0.25) is 0 Å². The summed E-state index contributed by atoms with van der Waals surface area (Å²) in [5.74, 6) is -0.207. The molecule has 0 spiro atoms. The molecule has 1 fully saturated rings. The Morgan fingerprint density at radius 3 is 2.80 bits per heavy atom. The molecule has 0 saturated heterocycles. The van der Waals surface area contributed by atoms with Gasteiger partial charge in [0.15, 0.2) is 0 Å². The van der Waals surface area contributed by atoms with E-state index in [1.54, 1.807) is 12.2 Å². The molecule has 0 radical (unpaired) electrons. The van der Waals surface area contributed by atoms with Crippen LogP contribution in [0.15, 0.2) is 24.0 Å². The third-order valence-corrected chi connectivity index (χ3v) is 2.80. The van der Waals surface area contributed by atoms with Crippen LogP contribution in [-0.2, 0) is 14.3 Å². The van der Waals surface area contributed by atoms with Crippen molar-refractivity contribution in [2.24, 2.45) is 0 Å². The van der Waals surface area contributed by atoms with Gasteiger partial charge in [0.25, 0.3) is 0 Å². The van der Waals surface area contributed by atoms with Gasteiger partial charge in [0.2, 0.25) is 0 Å². The summed E-state index contributed by atoms with van der Waals surface area (Å²) >= 11 is 0. The van der Waals surface area contributed by atoms with Crippen molar-refractivity contribution in [1.82, 2.24) is 0 Å². The number of esters is 1. The Kier molecular flexibility index (Phi) is 3.43. The van der Waals surface area contributed by atoms with Crippen LogP contribution in [0.1, 0.15) is 32.1 Å². The topological polar surface area (TPSA) is 35.5 Å². The Bertz CT molecular complexity index is 285. The maximum Gasteiger partial charge on any atom is 0.338 e. The van der Waals surface area contributed by atoms with E-state index in [4.69, 9.17) is 9.47 Å². The first-order valence-corrected chi connectivity index (χ1v) is 5.55. The fourth-order valence-electron chi connectivity index (χ4n) is 1.94. The fourth-order valence-corrected chi connectivity index (χ4v) is 1.94. The Balaban J connectivity index is 1.85. The van der Waals surface area contributed by atoms with E-state index in [0.717, 1.165) is 12.8 Å². The van der Waals surface area contributed by atoms with Gasteiger partial charge in [-0.05, 0) is 37.8 Å². The highest BCUT2D eigenvalue weighted by Crippen LogP contribution is 2.21. The number of rotatable bonds is 2. The minimum absolute atomic E-state index is 0.128. The fraction of sp³-hybridized carbons (Fsp3) is 0.583. The largest absolute Gasteiger partial charge is 0.497 e. The summed E-state index contributed by atoms with van der Waals surface area (Å²) in [4.78, 5) is 11.7. The molecule has 0 amide bonds. The monoisotopic (exact) mass is 208 g/mol. The summed E-state index contributed by atoms with van der Waals surface area (Å²) in [6.45, 7) is 0.464. The van der Waals surface area contributed by atoms with Crippen LogP contribution < -0.4 is 0 Å². The standard InChI is InChI=1S/C12H16O3/c13-12(10-6-8-14-9-7-10)15-11-4-2-1-3-5-11/h6-8,11H,1-5,9H2. The summed E-state index contributed by atoms with van der Waals surface area (Å²) in [5.41, 5.74) is 0.617. The van der Waals surface area contributed by atoms with Crippen molar-refractivity contribution in [1.29, 1.82) is 0 Å². The molecule has 1 aliphatic carbocycles. The van der Waals surface area contributed by atoms with E-state index < -0.39 is 0 Å². The van der Waals surface area contributed by atoms with Gasteiger partial charge in [0.1, 0.15) is 12.7 Å². The van der Waals surface area contributed by atoms with Crippen LogP contribution in [-0.4, -0.2) is 18.7 Å². The average molecular weight is 208 g/mol. The summed E-state index contributed by atoms with van der Waals surface area (Å²) in [7, 11) is 0. The van der Waals surface area contributed by atoms with E-state index in [0.29, 0.717) is 12.2 Å². The van der Waals surface area contributed by atoms with Gasteiger partial charge in [0.05, 0.1) is 11.8 Å². The lowest BCUT2D eigenvalue weighted by molar-refractivity contribution is -0.145. The summed E-state index contributed by atoms with van der Waals surface area (Å²) in [6.07, 6.45) is 10.7. The quantitative estimate of drug-likeness (QED) is 0.653. The molecule has 0 aromatic heterocycles. The Morgan fingerprint density at radius 1 is 1.33 bits per heavy atom. The number of carbonyl (C=O) groups excluding carboxylic acids is 1. The molecular weight excluding hydrogens is 192 g/mol. The predicted molar refractivity (Wildman–Crippen MR) is 56.1 cm³/mol. The van der Waals surface area contributed by atoms with Crippen molar-refractivity contribution >= 4 is 5.97 Å². The van der Waals surface area contributed by atoms with Gasteiger partial charge < -0.3 is 9.47 Å². The highest BCUT2D eigenvalue weighted by Gasteiger charge is 2.19. The minimum Gasteiger partial charge on any atom is -0.497 e. The highest BCUT2D eigenvalue weighted by molar-refractivity contribution is 5.91. The lowest BCUT2D eigenvalue weighted by Crippen LogP contribution is -2.22. The molecule has 1 saturated carbocycles. The SMILES string of the molecule is O=C(OC1CCCCC1)C1=CCOC=C1. The van der Waals surface area contributed by atoms with Crippen LogP contribution in [0.4, 0.5) is 0 Å². The third kappa shape index (κ3) is 2.85. The Hall–Kier alpha value is -1.25. The molecule has 3 heteroatoms. The van der Waals surface area contributed by atoms with Crippen molar-refractivity contribution in [3.8, 4) is 0 Å². The number of ether oxygens (including phenoxy) is 2. The summed E-state index contributed by atoms with van der Waals surface area (Å²) in [6, 6.07) is 0. The van der Waals surface area contributed by atoms with Gasteiger partial charge in [-0.3, -0.25) is 0 Å². The second-order valence-corrected chi connectivity index (χ2v) is 3.96. The molecule has 82 valence electrons. The lowest BCUT2D eigenvalue weighted by Gasteiger charge is -2.22. The molecule has 15 heavy (non-hydrogen) atoms. The molecule has 1 aliphatic heterocycles. The van der Waals surface area contributed by atoms with Crippen LogP contribution >= 0.6 is 0 Å². The van der Waals surface area contributed by atoms with E-state index in [9.17, 15) is 4.79 Å². The predicted octanol–water partition coefficient (Wildman–Crippen LogP) is 2.33. The third-order valence-electron chi connectivity index (χ3n) is 2.80. The molecule has 1 heterocycles. The molecule has 2 rings (SSSR count).